The summed E-state index contributed by atoms with van der Waals surface area (Å²) in [7, 11) is 1.73. The Labute approximate surface area is 192 Å². The number of aliphatic hydroxyl groups excluding tert-OH is 2. The molecule has 2 fully saturated rings. The number of rotatable bonds is 8. The average Bonchev–Trinajstić information content (AvgIpc) is 2.79. The topological polar surface area (TPSA) is 99.9 Å². The number of nitrogens with one attached hydrogen (secondary N) is 1. The van der Waals surface area contributed by atoms with Gasteiger partial charge in [0.25, 0.3) is 0 Å². The summed E-state index contributed by atoms with van der Waals surface area (Å²) < 4.78 is 6.29. The van der Waals surface area contributed by atoms with Gasteiger partial charge in [0.05, 0.1) is 23.5 Å². The maximum absolute atomic E-state index is 9.93. The molecule has 1 aromatic rings. The monoisotopic (exact) mass is 444 g/mol. The molecule has 7 heteroatoms. The number of hydrogen-bond acceptors (Lipinski definition) is 7. The molecule has 3 rings (SSSR count). The summed E-state index contributed by atoms with van der Waals surface area (Å²) >= 11 is 0. The highest BCUT2D eigenvalue weighted by molar-refractivity contribution is 5.98. The van der Waals surface area contributed by atoms with E-state index in [1.165, 1.54) is 0 Å². The Bertz CT molecular complexity index is 781. The number of aliphatic imine (C=N–C) groups is 1. The van der Waals surface area contributed by atoms with Crippen LogP contribution in [0.3, 0.4) is 0 Å². The lowest BCUT2D eigenvalue weighted by Crippen LogP contribution is -2.28. The molecule has 3 N–H and O–H groups in total. The molecular weight excluding hydrogens is 404 g/mol. The van der Waals surface area contributed by atoms with Crippen LogP contribution in [0.25, 0.3) is 5.57 Å². The number of aromatic nitrogens is 2. The molecule has 0 aromatic carbocycles. The Kier molecular flexibility index (Phi) is 9.05. The van der Waals surface area contributed by atoms with E-state index in [1.807, 2.05) is 0 Å². The van der Waals surface area contributed by atoms with Crippen molar-refractivity contribution in [1.29, 1.82) is 0 Å². The molecule has 32 heavy (non-hydrogen) atoms. The smallest absolute Gasteiger partial charge is 0.223 e. The average molecular weight is 445 g/mol. The van der Waals surface area contributed by atoms with E-state index >= 15 is 0 Å². The lowest BCUT2D eigenvalue weighted by atomic mass is 9.81. The first-order chi connectivity index (χ1) is 15.4. The zero-order valence-electron chi connectivity index (χ0n) is 19.9. The van der Waals surface area contributed by atoms with Crippen molar-refractivity contribution in [3.63, 3.8) is 0 Å². The molecule has 7 nitrogen and oxygen atoms in total. The molecule has 0 radical (unpaired) electrons. The van der Waals surface area contributed by atoms with Crippen LogP contribution in [0.2, 0.25) is 0 Å². The van der Waals surface area contributed by atoms with Crippen LogP contribution in [-0.4, -0.2) is 57.5 Å². The fraction of sp³-hybridized carbons (Fsp3) is 0.720. The van der Waals surface area contributed by atoms with Gasteiger partial charge in [0.15, 0.2) is 0 Å². The second-order valence-corrected chi connectivity index (χ2v) is 9.40. The van der Waals surface area contributed by atoms with Crippen LogP contribution in [-0.2, 0) is 4.74 Å². The van der Waals surface area contributed by atoms with E-state index in [9.17, 15) is 10.2 Å². The van der Waals surface area contributed by atoms with Crippen molar-refractivity contribution in [2.45, 2.75) is 102 Å². The van der Waals surface area contributed by atoms with Crippen molar-refractivity contribution >= 4 is 17.4 Å². The molecule has 1 aromatic heterocycles. The van der Waals surface area contributed by atoms with Crippen LogP contribution in [0, 0.1) is 5.92 Å². The highest BCUT2D eigenvalue weighted by Gasteiger charge is 2.28. The number of allylic oxidation sites excluding steroid dienone is 1. The maximum atomic E-state index is 9.93. The summed E-state index contributed by atoms with van der Waals surface area (Å²) in [5.74, 6) is 1.40. The highest BCUT2D eigenvalue weighted by atomic mass is 16.5. The first kappa shape index (κ1) is 24.6. The lowest BCUT2D eigenvalue weighted by Gasteiger charge is -2.29. The van der Waals surface area contributed by atoms with Gasteiger partial charge in [-0.3, -0.25) is 4.99 Å². The summed E-state index contributed by atoms with van der Waals surface area (Å²) in [5.41, 5.74) is 2.51. The molecule has 1 atom stereocenters. The molecule has 0 spiro atoms. The largest absolute Gasteiger partial charge is 0.474 e. The number of aliphatic hydroxyl groups is 2. The van der Waals surface area contributed by atoms with Crippen LogP contribution in [0.1, 0.15) is 89.3 Å². The second kappa shape index (κ2) is 11.8. The highest BCUT2D eigenvalue weighted by Crippen LogP contribution is 2.35. The van der Waals surface area contributed by atoms with E-state index in [2.05, 4.69) is 35.7 Å². The summed E-state index contributed by atoms with van der Waals surface area (Å²) in [5, 5.41) is 23.2. The molecule has 2 aliphatic carbocycles. The van der Waals surface area contributed by atoms with Crippen LogP contribution < -0.4 is 5.32 Å². The van der Waals surface area contributed by atoms with Crippen molar-refractivity contribution in [3.05, 3.63) is 24.0 Å². The Balaban J connectivity index is 1.86. The normalized spacial score (nSPS) is 27.6. The predicted molar refractivity (Wildman–Crippen MR) is 129 cm³/mol. The van der Waals surface area contributed by atoms with Gasteiger partial charge in [-0.15, -0.1) is 0 Å². The van der Waals surface area contributed by atoms with Crippen molar-refractivity contribution in [2.75, 3.05) is 12.4 Å². The second-order valence-electron chi connectivity index (χ2n) is 9.40. The summed E-state index contributed by atoms with van der Waals surface area (Å²) in [6, 6.07) is 0.279. The maximum Gasteiger partial charge on any atom is 0.223 e. The van der Waals surface area contributed by atoms with Gasteiger partial charge in [-0.05, 0) is 76.2 Å². The van der Waals surface area contributed by atoms with Crippen LogP contribution in [0.5, 0.6) is 0 Å². The summed E-state index contributed by atoms with van der Waals surface area (Å²) in [4.78, 5) is 13.9. The SMILES string of the molecule is C=C(c1nc(NC(C)CCC)ncc1/C(=N\C)O[C@H]1CC[C@@H](O)CC1)[C@H]1CC[C@H](O)CC1. The van der Waals surface area contributed by atoms with Gasteiger partial charge in [-0.1, -0.05) is 19.9 Å². The first-order valence-electron chi connectivity index (χ1n) is 12.2. The van der Waals surface area contributed by atoms with E-state index in [1.54, 1.807) is 13.2 Å². The van der Waals surface area contributed by atoms with E-state index in [0.717, 1.165) is 81.0 Å². The van der Waals surface area contributed by atoms with Gasteiger partial charge in [0, 0.05) is 19.3 Å². The Morgan fingerprint density at radius 1 is 1.16 bits per heavy atom. The van der Waals surface area contributed by atoms with Crippen LogP contribution in [0.4, 0.5) is 5.95 Å². The molecular formula is C25H40N4O3. The van der Waals surface area contributed by atoms with Gasteiger partial charge in [0.1, 0.15) is 6.10 Å². The minimum Gasteiger partial charge on any atom is -0.474 e. The summed E-state index contributed by atoms with van der Waals surface area (Å²) in [6.45, 7) is 8.72. The number of anilines is 1. The summed E-state index contributed by atoms with van der Waals surface area (Å²) in [6.07, 6.45) is 10.0. The molecule has 0 amide bonds. The zero-order chi connectivity index (χ0) is 23.1. The van der Waals surface area contributed by atoms with E-state index in [0.29, 0.717) is 11.8 Å². The van der Waals surface area contributed by atoms with Gasteiger partial charge in [-0.2, -0.15) is 0 Å². The number of ether oxygens (including phenoxy) is 1. The lowest BCUT2D eigenvalue weighted by molar-refractivity contribution is 0.0611. The van der Waals surface area contributed by atoms with Crippen molar-refractivity contribution in [3.8, 4) is 0 Å². The molecule has 2 aliphatic rings. The van der Waals surface area contributed by atoms with Gasteiger partial charge < -0.3 is 20.3 Å². The minimum absolute atomic E-state index is 0.0328. The Morgan fingerprint density at radius 2 is 1.78 bits per heavy atom. The quantitative estimate of drug-likeness (QED) is 0.407. The van der Waals surface area contributed by atoms with Gasteiger partial charge in [-0.25, -0.2) is 9.97 Å². The van der Waals surface area contributed by atoms with E-state index < -0.39 is 0 Å². The Morgan fingerprint density at radius 3 is 2.38 bits per heavy atom. The fourth-order valence-electron chi connectivity index (χ4n) is 4.75. The third-order valence-electron chi connectivity index (χ3n) is 6.74. The van der Waals surface area contributed by atoms with E-state index in [-0.39, 0.29) is 30.3 Å². The first-order valence-corrected chi connectivity index (χ1v) is 12.2. The van der Waals surface area contributed by atoms with Crippen molar-refractivity contribution < 1.29 is 14.9 Å². The van der Waals surface area contributed by atoms with Crippen molar-refractivity contribution in [2.24, 2.45) is 10.9 Å². The van der Waals surface area contributed by atoms with Gasteiger partial charge >= 0.3 is 0 Å². The predicted octanol–water partition coefficient (Wildman–Crippen LogP) is 4.34. The molecule has 0 saturated heterocycles. The third-order valence-corrected chi connectivity index (χ3v) is 6.74. The standard InChI is InChI=1S/C25H40N4O3/c1-5-6-16(2)28-25-27-15-22(24(26-4)32-21-13-11-20(31)12-14-21)23(29-25)17(3)18-7-9-19(30)10-8-18/h15-16,18-21,30-31H,3,5-14H2,1-2,4H3,(H,27,28,29)/b26-24+/t16?,18-,19-,20-,21+. The molecule has 2 saturated carbocycles. The number of nitrogens with zero attached hydrogens (tertiary/aromatic N) is 3. The fourth-order valence-corrected chi connectivity index (χ4v) is 4.75. The molecule has 0 bridgehead atoms. The molecule has 1 unspecified atom stereocenters. The Hall–Kier alpha value is -1.99. The third kappa shape index (κ3) is 6.51. The minimum atomic E-state index is -0.229. The van der Waals surface area contributed by atoms with E-state index in [4.69, 9.17) is 9.72 Å². The number of hydrogen-bond donors (Lipinski definition) is 3. The van der Waals surface area contributed by atoms with Crippen molar-refractivity contribution in [1.82, 2.24) is 9.97 Å². The van der Waals surface area contributed by atoms with Crippen LogP contribution in [0.15, 0.2) is 17.8 Å². The molecule has 178 valence electrons. The zero-order valence-corrected chi connectivity index (χ0v) is 19.9. The van der Waals surface area contributed by atoms with Crippen LogP contribution >= 0.6 is 0 Å². The molecule has 1 heterocycles. The molecule has 0 aliphatic heterocycles. The van der Waals surface area contributed by atoms with Gasteiger partial charge in [0.2, 0.25) is 11.8 Å².